The highest BCUT2D eigenvalue weighted by Crippen LogP contribution is 2.08. The van der Waals surface area contributed by atoms with Gasteiger partial charge < -0.3 is 15.8 Å². The molecule has 0 amide bonds. The van der Waals surface area contributed by atoms with Crippen LogP contribution in [0.15, 0.2) is 4.99 Å². The molecule has 0 aliphatic carbocycles. The largest absolute Gasteiger partial charge is 0.469 e. The third-order valence-electron chi connectivity index (χ3n) is 2.81. The van der Waals surface area contributed by atoms with Gasteiger partial charge in [0.2, 0.25) is 0 Å². The van der Waals surface area contributed by atoms with Crippen LogP contribution in [0.3, 0.4) is 0 Å². The molecule has 0 unspecified atom stereocenters. The molecule has 0 saturated heterocycles. The van der Waals surface area contributed by atoms with E-state index >= 15 is 0 Å². The average Bonchev–Trinajstić information content (AvgIpc) is 2.35. The first-order valence-electron chi connectivity index (χ1n) is 6.79. The maximum absolute atomic E-state index is 5.42. The standard InChI is InChI=1S/C13H29N3O/c1-15-11-9-7-5-3-4-6-8-10-12-16-13(14)17-2/h15H,3-12H2,1-2H3,(H2,14,16). The lowest BCUT2D eigenvalue weighted by molar-refractivity contribution is 0.393. The van der Waals surface area contributed by atoms with Gasteiger partial charge in [-0.3, -0.25) is 0 Å². The normalized spacial score (nSPS) is 11.8. The van der Waals surface area contributed by atoms with E-state index in [1.807, 2.05) is 7.05 Å². The Morgan fingerprint density at radius 1 is 1.00 bits per heavy atom. The molecule has 3 N–H and O–H groups in total. The number of hydrogen-bond donors (Lipinski definition) is 2. The van der Waals surface area contributed by atoms with Gasteiger partial charge in [0.1, 0.15) is 0 Å². The summed E-state index contributed by atoms with van der Waals surface area (Å²) in [7, 11) is 3.56. The van der Waals surface area contributed by atoms with Crippen molar-refractivity contribution < 1.29 is 4.74 Å². The predicted octanol–water partition coefficient (Wildman–Crippen LogP) is 2.29. The summed E-state index contributed by atoms with van der Waals surface area (Å²) in [6, 6.07) is 0.300. The molecule has 0 rings (SSSR count). The number of rotatable bonds is 11. The average molecular weight is 243 g/mol. The number of methoxy groups -OCH3 is 1. The molecule has 0 aliphatic rings. The van der Waals surface area contributed by atoms with E-state index in [-0.39, 0.29) is 0 Å². The van der Waals surface area contributed by atoms with E-state index in [4.69, 9.17) is 10.5 Å². The summed E-state index contributed by atoms with van der Waals surface area (Å²) in [5.41, 5.74) is 5.42. The zero-order chi connectivity index (χ0) is 12.8. The monoisotopic (exact) mass is 243 g/mol. The number of nitrogens with one attached hydrogen (secondary N) is 1. The molecule has 4 nitrogen and oxygen atoms in total. The van der Waals surface area contributed by atoms with Crippen molar-refractivity contribution >= 4 is 6.02 Å². The molecule has 0 radical (unpaired) electrons. The first kappa shape index (κ1) is 16.2. The van der Waals surface area contributed by atoms with Crippen LogP contribution in [0.5, 0.6) is 0 Å². The van der Waals surface area contributed by atoms with Crippen LogP contribution in [0.2, 0.25) is 0 Å². The second-order valence-electron chi connectivity index (χ2n) is 4.36. The Balaban J connectivity index is 3.04. The maximum atomic E-state index is 5.42. The zero-order valence-corrected chi connectivity index (χ0v) is 11.5. The van der Waals surface area contributed by atoms with Crippen LogP contribution in [0.4, 0.5) is 0 Å². The molecule has 102 valence electrons. The van der Waals surface area contributed by atoms with Crippen molar-refractivity contribution in [1.29, 1.82) is 0 Å². The van der Waals surface area contributed by atoms with Gasteiger partial charge in [0, 0.05) is 6.54 Å². The van der Waals surface area contributed by atoms with Crippen LogP contribution >= 0.6 is 0 Å². The van der Waals surface area contributed by atoms with E-state index in [2.05, 4.69) is 10.3 Å². The number of unbranched alkanes of at least 4 members (excludes halogenated alkanes) is 7. The molecule has 0 spiro atoms. The van der Waals surface area contributed by atoms with E-state index in [0.29, 0.717) is 6.02 Å². The smallest absolute Gasteiger partial charge is 0.281 e. The van der Waals surface area contributed by atoms with Crippen LogP contribution in [0, 0.1) is 0 Å². The van der Waals surface area contributed by atoms with Crippen molar-refractivity contribution in [3.8, 4) is 0 Å². The Morgan fingerprint density at radius 2 is 1.53 bits per heavy atom. The minimum Gasteiger partial charge on any atom is -0.469 e. The van der Waals surface area contributed by atoms with Gasteiger partial charge in [0.25, 0.3) is 6.02 Å². The van der Waals surface area contributed by atoms with Crippen LogP contribution in [0.25, 0.3) is 0 Å². The Morgan fingerprint density at radius 3 is 2.06 bits per heavy atom. The van der Waals surface area contributed by atoms with Crippen molar-refractivity contribution in [2.24, 2.45) is 10.7 Å². The molecule has 0 aromatic heterocycles. The molecule has 0 saturated carbocycles. The SMILES string of the molecule is CNCCCCCCCCCCN=C(N)OC. The van der Waals surface area contributed by atoms with Crippen molar-refractivity contribution in [3.63, 3.8) is 0 Å². The van der Waals surface area contributed by atoms with Gasteiger partial charge in [-0.15, -0.1) is 0 Å². The lowest BCUT2D eigenvalue weighted by Crippen LogP contribution is -2.14. The summed E-state index contributed by atoms with van der Waals surface area (Å²) >= 11 is 0. The van der Waals surface area contributed by atoms with E-state index in [1.54, 1.807) is 7.11 Å². The fourth-order valence-electron chi connectivity index (χ4n) is 1.73. The summed E-state index contributed by atoms with van der Waals surface area (Å²) < 4.78 is 4.76. The molecular formula is C13H29N3O. The van der Waals surface area contributed by atoms with Gasteiger partial charge in [-0.25, -0.2) is 4.99 Å². The maximum Gasteiger partial charge on any atom is 0.281 e. The van der Waals surface area contributed by atoms with Gasteiger partial charge in [-0.05, 0) is 26.4 Å². The number of amidine groups is 1. The van der Waals surface area contributed by atoms with Gasteiger partial charge >= 0.3 is 0 Å². The van der Waals surface area contributed by atoms with E-state index in [0.717, 1.165) is 19.5 Å². The molecule has 0 bridgehead atoms. The summed E-state index contributed by atoms with van der Waals surface area (Å²) in [4.78, 5) is 4.08. The molecule has 0 heterocycles. The van der Waals surface area contributed by atoms with Crippen LogP contribution in [-0.2, 0) is 4.74 Å². The zero-order valence-electron chi connectivity index (χ0n) is 11.5. The van der Waals surface area contributed by atoms with Gasteiger partial charge in [-0.1, -0.05) is 38.5 Å². The fraction of sp³-hybridized carbons (Fsp3) is 0.923. The Labute approximate surface area is 106 Å². The van der Waals surface area contributed by atoms with E-state index in [1.165, 1.54) is 44.9 Å². The molecule has 0 aromatic carbocycles. The number of hydrogen-bond acceptors (Lipinski definition) is 3. The van der Waals surface area contributed by atoms with Gasteiger partial charge in [0.15, 0.2) is 0 Å². The topological polar surface area (TPSA) is 59.6 Å². The Hall–Kier alpha value is -0.770. The van der Waals surface area contributed by atoms with Crippen molar-refractivity contribution in [2.45, 2.75) is 51.4 Å². The minimum atomic E-state index is 0.300. The molecular weight excluding hydrogens is 214 g/mol. The molecule has 0 aromatic rings. The van der Waals surface area contributed by atoms with E-state index in [9.17, 15) is 0 Å². The Kier molecular flexibility index (Phi) is 12.7. The van der Waals surface area contributed by atoms with Crippen molar-refractivity contribution in [3.05, 3.63) is 0 Å². The van der Waals surface area contributed by atoms with Crippen LogP contribution in [-0.4, -0.2) is 33.3 Å². The number of nitrogens with two attached hydrogens (primary N) is 1. The first-order valence-corrected chi connectivity index (χ1v) is 6.79. The highest BCUT2D eigenvalue weighted by Gasteiger charge is 1.92. The quantitative estimate of drug-likeness (QED) is 0.332. The van der Waals surface area contributed by atoms with Crippen molar-refractivity contribution in [1.82, 2.24) is 5.32 Å². The fourth-order valence-corrected chi connectivity index (χ4v) is 1.73. The third kappa shape index (κ3) is 13.2. The lowest BCUT2D eigenvalue weighted by atomic mass is 10.1. The number of aliphatic imine (C=N–C) groups is 1. The molecule has 4 heteroatoms. The summed E-state index contributed by atoms with van der Waals surface area (Å²) in [5.74, 6) is 0. The molecule has 0 aliphatic heterocycles. The highest BCUT2D eigenvalue weighted by atomic mass is 16.5. The first-order chi connectivity index (χ1) is 8.31. The summed E-state index contributed by atoms with van der Waals surface area (Å²) in [6.45, 7) is 1.95. The second-order valence-corrected chi connectivity index (χ2v) is 4.36. The van der Waals surface area contributed by atoms with Crippen LogP contribution < -0.4 is 11.1 Å². The molecule has 0 fully saturated rings. The Bertz CT molecular complexity index is 184. The van der Waals surface area contributed by atoms with Gasteiger partial charge in [-0.2, -0.15) is 0 Å². The minimum absolute atomic E-state index is 0.300. The third-order valence-corrected chi connectivity index (χ3v) is 2.81. The predicted molar refractivity (Wildman–Crippen MR) is 74.4 cm³/mol. The number of nitrogens with zero attached hydrogens (tertiary/aromatic N) is 1. The highest BCUT2D eigenvalue weighted by molar-refractivity contribution is 5.71. The van der Waals surface area contributed by atoms with Gasteiger partial charge in [0.05, 0.1) is 7.11 Å². The van der Waals surface area contributed by atoms with E-state index < -0.39 is 0 Å². The molecule has 0 atom stereocenters. The van der Waals surface area contributed by atoms with Crippen molar-refractivity contribution in [2.75, 3.05) is 27.2 Å². The second kappa shape index (κ2) is 13.3. The lowest BCUT2D eigenvalue weighted by Gasteiger charge is -2.02. The van der Waals surface area contributed by atoms with Crippen LogP contribution in [0.1, 0.15) is 51.4 Å². The summed E-state index contributed by atoms with van der Waals surface area (Å²) in [6.07, 6.45) is 10.4. The summed E-state index contributed by atoms with van der Waals surface area (Å²) in [5, 5.41) is 3.17. The number of ether oxygens (including phenoxy) is 1. The molecule has 17 heavy (non-hydrogen) atoms.